The van der Waals surface area contributed by atoms with Crippen molar-refractivity contribution >= 4 is 27.4 Å². The summed E-state index contributed by atoms with van der Waals surface area (Å²) in [7, 11) is -3.59. The third-order valence-electron chi connectivity index (χ3n) is 4.57. The summed E-state index contributed by atoms with van der Waals surface area (Å²) in [4.78, 5) is 23.9. The Morgan fingerprint density at radius 1 is 0.893 bits per heavy atom. The van der Waals surface area contributed by atoms with Gasteiger partial charge in [-0.15, -0.1) is 0 Å². The second kappa shape index (κ2) is 9.01. The fourth-order valence-corrected chi connectivity index (χ4v) is 3.78. The minimum Gasteiger partial charge on any atom is -0.456 e. The van der Waals surface area contributed by atoms with Crippen molar-refractivity contribution in [1.82, 2.24) is 0 Å². The van der Waals surface area contributed by atoms with Gasteiger partial charge in [0.05, 0.1) is 17.1 Å². The van der Waals surface area contributed by atoms with Gasteiger partial charge >= 0.3 is 5.97 Å². The lowest BCUT2D eigenvalue weighted by atomic mass is 10.1. The lowest BCUT2D eigenvalue weighted by Crippen LogP contribution is -2.22. The van der Waals surface area contributed by atoms with E-state index in [9.17, 15) is 18.0 Å². The first-order chi connectivity index (χ1) is 13.1. The molecule has 0 saturated carbocycles. The Bertz CT molecular complexity index is 996. The van der Waals surface area contributed by atoms with E-state index < -0.39 is 28.3 Å². The summed E-state index contributed by atoms with van der Waals surface area (Å²) >= 11 is 0. The molecule has 6 nitrogen and oxygen atoms in total. The first-order valence-electron chi connectivity index (χ1n) is 8.91. The van der Waals surface area contributed by atoms with Crippen LogP contribution in [0.5, 0.6) is 0 Å². The van der Waals surface area contributed by atoms with E-state index in [4.69, 9.17) is 4.74 Å². The number of esters is 1. The van der Waals surface area contributed by atoms with Gasteiger partial charge in [-0.25, -0.2) is 8.42 Å². The largest absolute Gasteiger partial charge is 0.456 e. The van der Waals surface area contributed by atoms with E-state index in [0.29, 0.717) is 5.69 Å². The molecule has 2 rings (SSSR count). The quantitative estimate of drug-likeness (QED) is 0.717. The van der Waals surface area contributed by atoms with E-state index >= 15 is 0 Å². The van der Waals surface area contributed by atoms with E-state index in [-0.39, 0.29) is 17.1 Å². The van der Waals surface area contributed by atoms with Crippen molar-refractivity contribution in [1.29, 1.82) is 0 Å². The Kier molecular flexibility index (Phi) is 6.96. The third-order valence-corrected chi connectivity index (χ3v) is 6.28. The monoisotopic (exact) mass is 403 g/mol. The average molecular weight is 404 g/mol. The smallest absolute Gasteiger partial charge is 0.307 e. The van der Waals surface area contributed by atoms with Crippen LogP contribution in [0.3, 0.4) is 0 Å². The van der Waals surface area contributed by atoms with E-state index in [0.717, 1.165) is 22.3 Å². The number of ether oxygens (including phenoxy) is 1. The molecule has 0 spiro atoms. The number of amides is 1. The van der Waals surface area contributed by atoms with E-state index in [1.165, 1.54) is 6.07 Å². The Balaban J connectivity index is 1.83. The molecule has 0 heterocycles. The van der Waals surface area contributed by atoms with E-state index in [1.807, 2.05) is 39.8 Å². The van der Waals surface area contributed by atoms with Gasteiger partial charge in [-0.05, 0) is 74.2 Å². The lowest BCUT2D eigenvalue weighted by molar-refractivity contribution is -0.146. The topological polar surface area (TPSA) is 89.5 Å². The van der Waals surface area contributed by atoms with Crippen molar-refractivity contribution in [3.8, 4) is 0 Å². The maximum Gasteiger partial charge on any atom is 0.307 e. The number of sulfone groups is 1. The maximum atomic E-state index is 12.4. The van der Waals surface area contributed by atoms with Crippen molar-refractivity contribution in [2.24, 2.45) is 0 Å². The Morgan fingerprint density at radius 3 is 2.11 bits per heavy atom. The van der Waals surface area contributed by atoms with Crippen molar-refractivity contribution in [2.75, 3.05) is 17.7 Å². The predicted molar refractivity (Wildman–Crippen MR) is 108 cm³/mol. The highest BCUT2D eigenvalue weighted by Gasteiger charge is 2.18. The van der Waals surface area contributed by atoms with Crippen LogP contribution >= 0.6 is 0 Å². The van der Waals surface area contributed by atoms with E-state index in [1.54, 1.807) is 18.2 Å². The van der Waals surface area contributed by atoms with Crippen molar-refractivity contribution in [3.63, 3.8) is 0 Å². The Morgan fingerprint density at radius 2 is 1.50 bits per heavy atom. The highest BCUT2D eigenvalue weighted by atomic mass is 32.2. The van der Waals surface area contributed by atoms with Gasteiger partial charge in [-0.2, -0.15) is 0 Å². The first-order valence-corrected chi connectivity index (χ1v) is 10.6. The van der Waals surface area contributed by atoms with Crippen LogP contribution in [-0.2, 0) is 24.2 Å². The molecule has 0 fully saturated rings. The van der Waals surface area contributed by atoms with E-state index in [2.05, 4.69) is 5.32 Å². The molecule has 0 saturated heterocycles. The molecule has 2 aromatic carbocycles. The number of benzene rings is 2. The molecule has 0 aliphatic carbocycles. The van der Waals surface area contributed by atoms with Gasteiger partial charge in [0.25, 0.3) is 5.91 Å². The molecule has 0 atom stereocenters. The van der Waals surface area contributed by atoms with Crippen LogP contribution in [-0.4, -0.2) is 32.7 Å². The number of aryl methyl sites for hydroxylation is 4. The van der Waals surface area contributed by atoms with Crippen LogP contribution in [0, 0.1) is 27.7 Å². The van der Waals surface area contributed by atoms with Crippen molar-refractivity contribution < 1.29 is 22.7 Å². The average Bonchev–Trinajstić information content (AvgIpc) is 2.63. The molecule has 28 heavy (non-hydrogen) atoms. The van der Waals surface area contributed by atoms with Crippen molar-refractivity contribution in [2.45, 2.75) is 39.0 Å². The summed E-state index contributed by atoms with van der Waals surface area (Å²) in [6.07, 6.45) is -0.313. The highest BCUT2D eigenvalue weighted by Crippen LogP contribution is 2.17. The van der Waals surface area contributed by atoms with Crippen LogP contribution in [0.25, 0.3) is 0 Å². The summed E-state index contributed by atoms with van der Waals surface area (Å²) < 4.78 is 29.6. The van der Waals surface area contributed by atoms with Crippen LogP contribution < -0.4 is 5.32 Å². The Hall–Kier alpha value is -2.67. The molecule has 150 valence electrons. The zero-order chi connectivity index (χ0) is 20.9. The standard InChI is InChI=1S/C21H25NO5S/c1-14-5-7-18(11-16(14)3)22-20(23)13-27-21(24)9-10-28(25,26)19-8-6-15(2)17(4)12-19/h5-8,11-12H,9-10,13H2,1-4H3,(H,22,23). The molecule has 2 aromatic rings. The lowest BCUT2D eigenvalue weighted by Gasteiger charge is -2.09. The van der Waals surface area contributed by atoms with Crippen molar-refractivity contribution in [3.05, 3.63) is 58.7 Å². The molecule has 0 radical (unpaired) electrons. The minimum absolute atomic E-state index is 0.177. The van der Waals surface area contributed by atoms with Crippen LogP contribution in [0.15, 0.2) is 41.3 Å². The Labute approximate surface area is 165 Å². The molecule has 0 aliphatic rings. The molecule has 0 unspecified atom stereocenters. The predicted octanol–water partition coefficient (Wildman–Crippen LogP) is 3.27. The minimum atomic E-state index is -3.59. The third kappa shape index (κ3) is 5.92. The highest BCUT2D eigenvalue weighted by molar-refractivity contribution is 7.91. The maximum absolute atomic E-state index is 12.4. The van der Waals surface area contributed by atoms with Gasteiger partial charge in [-0.3, -0.25) is 9.59 Å². The number of nitrogens with one attached hydrogen (secondary N) is 1. The summed E-state index contributed by atoms with van der Waals surface area (Å²) in [5.41, 5.74) is 4.61. The van der Waals surface area contributed by atoms with Gasteiger partial charge in [0.1, 0.15) is 0 Å². The zero-order valence-corrected chi connectivity index (χ0v) is 17.4. The summed E-state index contributed by atoms with van der Waals surface area (Å²) in [6, 6.07) is 10.3. The first kappa shape index (κ1) is 21.6. The number of carbonyl (C=O) groups is 2. The molecule has 1 N–H and O–H groups in total. The molecule has 0 aliphatic heterocycles. The number of hydrogen-bond acceptors (Lipinski definition) is 5. The number of anilines is 1. The van der Waals surface area contributed by atoms with Gasteiger partial charge in [-0.1, -0.05) is 12.1 Å². The van der Waals surface area contributed by atoms with Crippen LogP contribution in [0.1, 0.15) is 28.7 Å². The molecular formula is C21H25NO5S. The van der Waals surface area contributed by atoms with Crippen LogP contribution in [0.4, 0.5) is 5.69 Å². The normalized spacial score (nSPS) is 11.1. The second-order valence-electron chi connectivity index (χ2n) is 6.82. The van der Waals surface area contributed by atoms with Crippen LogP contribution in [0.2, 0.25) is 0 Å². The van der Waals surface area contributed by atoms with Gasteiger partial charge in [0, 0.05) is 5.69 Å². The second-order valence-corrected chi connectivity index (χ2v) is 8.93. The molecular weight excluding hydrogens is 378 g/mol. The zero-order valence-electron chi connectivity index (χ0n) is 16.5. The molecule has 0 aromatic heterocycles. The van der Waals surface area contributed by atoms with Gasteiger partial charge in [0.2, 0.25) is 0 Å². The SMILES string of the molecule is Cc1ccc(NC(=O)COC(=O)CCS(=O)(=O)c2ccc(C)c(C)c2)cc1C. The molecule has 1 amide bonds. The fraction of sp³-hybridized carbons (Fsp3) is 0.333. The molecule has 0 bridgehead atoms. The number of carbonyl (C=O) groups excluding carboxylic acids is 2. The summed E-state index contributed by atoms with van der Waals surface area (Å²) in [6.45, 7) is 7.16. The fourth-order valence-electron chi connectivity index (χ4n) is 2.48. The summed E-state index contributed by atoms with van der Waals surface area (Å²) in [5.74, 6) is -1.58. The number of hydrogen-bond donors (Lipinski definition) is 1. The van der Waals surface area contributed by atoms with Gasteiger partial charge in [0.15, 0.2) is 16.4 Å². The van der Waals surface area contributed by atoms with Gasteiger partial charge < -0.3 is 10.1 Å². The molecule has 7 heteroatoms. The summed E-state index contributed by atoms with van der Waals surface area (Å²) in [5, 5.41) is 2.64. The number of rotatable bonds is 7.